The Labute approximate surface area is 93.1 Å². The van der Waals surface area contributed by atoms with Gasteiger partial charge in [0, 0.05) is 24.5 Å². The zero-order valence-corrected chi connectivity index (χ0v) is 10.5. The first-order valence-electron chi connectivity index (χ1n) is 5.64. The van der Waals surface area contributed by atoms with Crippen LogP contribution in [0.1, 0.15) is 30.5 Å². The molecule has 0 fully saturated rings. The van der Waals surface area contributed by atoms with Crippen LogP contribution >= 0.6 is 0 Å². The molecule has 1 aromatic rings. The molecule has 0 saturated carbocycles. The van der Waals surface area contributed by atoms with Gasteiger partial charge >= 0.3 is 0 Å². The van der Waals surface area contributed by atoms with Gasteiger partial charge in [-0.25, -0.2) is 0 Å². The molecule has 0 aliphatic rings. The van der Waals surface area contributed by atoms with Gasteiger partial charge in [0.1, 0.15) is 0 Å². The fourth-order valence-electron chi connectivity index (χ4n) is 2.22. The first-order chi connectivity index (χ1) is 7.02. The standard InChI is InChI=1S/C13H22N2/c1-6-15(7-2)13-10(4)8-9(3)12(14)11(13)5/h8H,6-7,14H2,1-5H3. The molecular weight excluding hydrogens is 184 g/mol. The molecule has 0 saturated heterocycles. The molecule has 2 nitrogen and oxygen atoms in total. The Morgan fingerprint density at radius 1 is 1.07 bits per heavy atom. The minimum Gasteiger partial charge on any atom is -0.398 e. The lowest BCUT2D eigenvalue weighted by molar-refractivity contribution is 0.857. The summed E-state index contributed by atoms with van der Waals surface area (Å²) in [6.07, 6.45) is 0. The number of aryl methyl sites for hydroxylation is 2. The molecule has 0 aliphatic carbocycles. The van der Waals surface area contributed by atoms with Crippen LogP contribution in [0, 0.1) is 20.8 Å². The summed E-state index contributed by atoms with van der Waals surface area (Å²) in [5, 5.41) is 0. The molecule has 0 unspecified atom stereocenters. The van der Waals surface area contributed by atoms with Crippen LogP contribution in [0.3, 0.4) is 0 Å². The molecule has 1 rings (SSSR count). The lowest BCUT2D eigenvalue weighted by Gasteiger charge is -2.26. The maximum Gasteiger partial charge on any atom is 0.0446 e. The summed E-state index contributed by atoms with van der Waals surface area (Å²) in [6, 6.07) is 2.18. The van der Waals surface area contributed by atoms with E-state index in [4.69, 9.17) is 5.73 Å². The smallest absolute Gasteiger partial charge is 0.0446 e. The Balaban J connectivity index is 3.34. The summed E-state index contributed by atoms with van der Waals surface area (Å²) >= 11 is 0. The fourth-order valence-corrected chi connectivity index (χ4v) is 2.22. The van der Waals surface area contributed by atoms with Gasteiger partial charge in [-0.2, -0.15) is 0 Å². The van der Waals surface area contributed by atoms with Crippen LogP contribution < -0.4 is 10.6 Å². The van der Waals surface area contributed by atoms with Crippen molar-refractivity contribution in [3.8, 4) is 0 Å². The highest BCUT2D eigenvalue weighted by molar-refractivity contribution is 5.71. The SMILES string of the molecule is CCN(CC)c1c(C)cc(C)c(N)c1C. The molecule has 0 aromatic heterocycles. The summed E-state index contributed by atoms with van der Waals surface area (Å²) in [7, 11) is 0. The van der Waals surface area contributed by atoms with Crippen LogP contribution in [0.25, 0.3) is 0 Å². The van der Waals surface area contributed by atoms with Crippen molar-refractivity contribution in [2.24, 2.45) is 0 Å². The Kier molecular flexibility index (Phi) is 3.61. The predicted molar refractivity (Wildman–Crippen MR) is 68.6 cm³/mol. The number of hydrogen-bond donors (Lipinski definition) is 1. The largest absolute Gasteiger partial charge is 0.398 e. The second kappa shape index (κ2) is 4.56. The van der Waals surface area contributed by atoms with Crippen molar-refractivity contribution >= 4 is 11.4 Å². The lowest BCUT2D eigenvalue weighted by atomic mass is 10.0. The number of benzene rings is 1. The number of nitrogens with two attached hydrogens (primary N) is 1. The third kappa shape index (κ3) is 2.09. The Hall–Kier alpha value is -1.18. The van der Waals surface area contributed by atoms with Crippen molar-refractivity contribution in [1.29, 1.82) is 0 Å². The van der Waals surface area contributed by atoms with Crippen LogP contribution in [0.15, 0.2) is 6.07 Å². The van der Waals surface area contributed by atoms with Crippen LogP contribution in [0.5, 0.6) is 0 Å². The number of hydrogen-bond acceptors (Lipinski definition) is 2. The lowest BCUT2D eigenvalue weighted by Crippen LogP contribution is -2.24. The molecule has 0 bridgehead atoms. The maximum atomic E-state index is 6.07. The van der Waals surface area contributed by atoms with Crippen molar-refractivity contribution in [1.82, 2.24) is 0 Å². The van der Waals surface area contributed by atoms with Crippen molar-refractivity contribution in [2.45, 2.75) is 34.6 Å². The van der Waals surface area contributed by atoms with Crippen molar-refractivity contribution in [2.75, 3.05) is 23.7 Å². The van der Waals surface area contributed by atoms with Gasteiger partial charge in [0.15, 0.2) is 0 Å². The average Bonchev–Trinajstić information content (AvgIpc) is 2.21. The van der Waals surface area contributed by atoms with E-state index < -0.39 is 0 Å². The molecule has 1 aromatic carbocycles. The molecular formula is C13H22N2. The Morgan fingerprint density at radius 3 is 2.07 bits per heavy atom. The second-order valence-corrected chi connectivity index (χ2v) is 4.07. The van der Waals surface area contributed by atoms with E-state index in [0.717, 1.165) is 18.8 Å². The van der Waals surface area contributed by atoms with E-state index in [-0.39, 0.29) is 0 Å². The van der Waals surface area contributed by atoms with E-state index in [2.05, 4.69) is 45.6 Å². The molecule has 84 valence electrons. The van der Waals surface area contributed by atoms with Gasteiger partial charge < -0.3 is 10.6 Å². The minimum absolute atomic E-state index is 0.933. The summed E-state index contributed by atoms with van der Waals surface area (Å²) < 4.78 is 0. The number of anilines is 2. The summed E-state index contributed by atoms with van der Waals surface area (Å²) in [4.78, 5) is 2.36. The summed E-state index contributed by atoms with van der Waals surface area (Å²) in [6.45, 7) is 12.8. The first-order valence-corrected chi connectivity index (χ1v) is 5.64. The van der Waals surface area contributed by atoms with Crippen LogP contribution in [-0.4, -0.2) is 13.1 Å². The number of nitrogen functional groups attached to an aromatic ring is 1. The van der Waals surface area contributed by atoms with Gasteiger partial charge in [-0.15, -0.1) is 0 Å². The number of rotatable bonds is 3. The van der Waals surface area contributed by atoms with E-state index in [1.54, 1.807) is 0 Å². The first kappa shape index (κ1) is 11.9. The zero-order chi connectivity index (χ0) is 11.6. The highest BCUT2D eigenvalue weighted by Crippen LogP contribution is 2.31. The maximum absolute atomic E-state index is 6.07. The van der Waals surface area contributed by atoms with Crippen LogP contribution in [-0.2, 0) is 0 Å². The third-order valence-corrected chi connectivity index (χ3v) is 3.07. The molecule has 0 heterocycles. The predicted octanol–water partition coefficient (Wildman–Crippen LogP) is 3.04. The monoisotopic (exact) mass is 206 g/mol. The molecule has 2 heteroatoms. The zero-order valence-electron chi connectivity index (χ0n) is 10.5. The van der Waals surface area contributed by atoms with Crippen LogP contribution in [0.4, 0.5) is 11.4 Å². The van der Waals surface area contributed by atoms with Gasteiger partial charge in [0.25, 0.3) is 0 Å². The van der Waals surface area contributed by atoms with Crippen molar-refractivity contribution in [3.05, 3.63) is 22.8 Å². The molecule has 0 amide bonds. The van der Waals surface area contributed by atoms with Gasteiger partial charge in [0.05, 0.1) is 0 Å². The van der Waals surface area contributed by atoms with E-state index >= 15 is 0 Å². The summed E-state index contributed by atoms with van der Waals surface area (Å²) in [5.74, 6) is 0. The fraction of sp³-hybridized carbons (Fsp3) is 0.538. The normalized spacial score (nSPS) is 10.5. The second-order valence-electron chi connectivity index (χ2n) is 4.07. The molecule has 15 heavy (non-hydrogen) atoms. The molecule has 0 spiro atoms. The van der Waals surface area contributed by atoms with E-state index in [0.29, 0.717) is 0 Å². The molecule has 0 atom stereocenters. The van der Waals surface area contributed by atoms with E-state index in [9.17, 15) is 0 Å². The Morgan fingerprint density at radius 2 is 1.60 bits per heavy atom. The molecule has 2 N–H and O–H groups in total. The van der Waals surface area contributed by atoms with E-state index in [1.807, 2.05) is 0 Å². The van der Waals surface area contributed by atoms with Gasteiger partial charge in [-0.05, 0) is 51.3 Å². The highest BCUT2D eigenvalue weighted by Gasteiger charge is 2.12. The average molecular weight is 206 g/mol. The van der Waals surface area contributed by atoms with Gasteiger partial charge in [-0.1, -0.05) is 6.07 Å². The molecule has 0 aliphatic heterocycles. The quantitative estimate of drug-likeness (QED) is 0.770. The van der Waals surface area contributed by atoms with Crippen molar-refractivity contribution in [3.63, 3.8) is 0 Å². The van der Waals surface area contributed by atoms with Crippen LogP contribution in [0.2, 0.25) is 0 Å². The van der Waals surface area contributed by atoms with Gasteiger partial charge in [-0.3, -0.25) is 0 Å². The highest BCUT2D eigenvalue weighted by atomic mass is 15.1. The Bertz CT molecular complexity index is 352. The number of nitrogens with zero attached hydrogens (tertiary/aromatic N) is 1. The van der Waals surface area contributed by atoms with E-state index in [1.165, 1.54) is 22.4 Å². The summed E-state index contributed by atoms with van der Waals surface area (Å²) in [5.41, 5.74) is 12.0. The third-order valence-electron chi connectivity index (χ3n) is 3.07. The van der Waals surface area contributed by atoms with Crippen molar-refractivity contribution < 1.29 is 0 Å². The molecule has 0 radical (unpaired) electrons. The topological polar surface area (TPSA) is 29.3 Å². The van der Waals surface area contributed by atoms with Gasteiger partial charge in [0.2, 0.25) is 0 Å². The minimum atomic E-state index is 0.933.